The first-order chi connectivity index (χ1) is 10.8. The van der Waals surface area contributed by atoms with Crippen LogP contribution in [0.1, 0.15) is 11.1 Å². The fourth-order valence-electron chi connectivity index (χ4n) is 1.91. The van der Waals surface area contributed by atoms with E-state index in [1.54, 1.807) is 13.3 Å². The lowest BCUT2D eigenvalue weighted by Gasteiger charge is -2.07. The number of rotatable bonds is 7. The van der Waals surface area contributed by atoms with Gasteiger partial charge in [0.2, 0.25) is 0 Å². The highest BCUT2D eigenvalue weighted by molar-refractivity contribution is 5.79. The average molecular weight is 294 g/mol. The third-order valence-corrected chi connectivity index (χ3v) is 2.95. The number of terminal acetylenes is 1. The Labute approximate surface area is 130 Å². The summed E-state index contributed by atoms with van der Waals surface area (Å²) in [6.45, 7) is 0.848. The first-order valence-electron chi connectivity index (χ1n) is 6.87. The highest BCUT2D eigenvalue weighted by Gasteiger charge is 1.99. The molecule has 2 rings (SSSR count). The fourth-order valence-corrected chi connectivity index (χ4v) is 1.91. The van der Waals surface area contributed by atoms with Crippen LogP contribution >= 0.6 is 0 Å². The number of nitrogens with one attached hydrogen (secondary N) is 1. The van der Waals surface area contributed by atoms with E-state index in [2.05, 4.69) is 16.4 Å². The lowest BCUT2D eigenvalue weighted by atomic mass is 10.2. The molecule has 0 heterocycles. The van der Waals surface area contributed by atoms with Gasteiger partial charge in [-0.2, -0.15) is 5.10 Å². The van der Waals surface area contributed by atoms with E-state index >= 15 is 0 Å². The van der Waals surface area contributed by atoms with Crippen molar-refractivity contribution in [1.82, 2.24) is 5.43 Å². The summed E-state index contributed by atoms with van der Waals surface area (Å²) in [6, 6.07) is 15.4. The Kier molecular flexibility index (Phi) is 5.89. The van der Waals surface area contributed by atoms with Crippen molar-refractivity contribution in [3.8, 4) is 23.8 Å². The maximum atomic E-state index is 5.37. The van der Waals surface area contributed by atoms with E-state index < -0.39 is 0 Å². The van der Waals surface area contributed by atoms with Crippen LogP contribution in [0.2, 0.25) is 0 Å². The molecule has 0 spiro atoms. The smallest absolute Gasteiger partial charge is 0.148 e. The van der Waals surface area contributed by atoms with Gasteiger partial charge in [-0.15, -0.1) is 6.42 Å². The van der Waals surface area contributed by atoms with Crippen molar-refractivity contribution in [2.45, 2.75) is 6.54 Å². The zero-order valence-electron chi connectivity index (χ0n) is 12.5. The van der Waals surface area contributed by atoms with Crippen LogP contribution in [0.15, 0.2) is 53.6 Å². The van der Waals surface area contributed by atoms with E-state index in [9.17, 15) is 0 Å². The van der Waals surface area contributed by atoms with Crippen LogP contribution in [0.3, 0.4) is 0 Å². The molecule has 0 atom stereocenters. The minimum absolute atomic E-state index is 0.257. The molecule has 22 heavy (non-hydrogen) atoms. The summed E-state index contributed by atoms with van der Waals surface area (Å²) < 4.78 is 10.7. The molecule has 4 heteroatoms. The Balaban J connectivity index is 1.91. The van der Waals surface area contributed by atoms with Gasteiger partial charge >= 0.3 is 0 Å². The Morgan fingerprint density at radius 2 is 2.09 bits per heavy atom. The van der Waals surface area contributed by atoms with Crippen LogP contribution in [0.25, 0.3) is 0 Å². The SMILES string of the molecule is C#CCOc1cccc(/C=N\NCc2ccccc2OC)c1. The van der Waals surface area contributed by atoms with Gasteiger partial charge in [0.05, 0.1) is 19.9 Å². The zero-order chi connectivity index (χ0) is 15.6. The molecule has 2 aromatic carbocycles. The van der Waals surface area contributed by atoms with Gasteiger partial charge in [-0.3, -0.25) is 0 Å². The molecular weight excluding hydrogens is 276 g/mol. The molecule has 0 unspecified atom stereocenters. The number of hydrogen-bond donors (Lipinski definition) is 1. The lowest BCUT2D eigenvalue weighted by Crippen LogP contribution is -2.06. The predicted molar refractivity (Wildman–Crippen MR) is 88.2 cm³/mol. The maximum Gasteiger partial charge on any atom is 0.148 e. The summed E-state index contributed by atoms with van der Waals surface area (Å²) >= 11 is 0. The molecule has 0 saturated carbocycles. The monoisotopic (exact) mass is 294 g/mol. The third kappa shape index (κ3) is 4.57. The molecule has 0 radical (unpaired) electrons. The van der Waals surface area contributed by atoms with Gasteiger partial charge in [0.1, 0.15) is 18.1 Å². The summed E-state index contributed by atoms with van der Waals surface area (Å²) in [7, 11) is 1.66. The molecule has 0 amide bonds. The summed E-state index contributed by atoms with van der Waals surface area (Å²) in [5, 5.41) is 4.21. The summed E-state index contributed by atoms with van der Waals surface area (Å²) in [4.78, 5) is 0. The van der Waals surface area contributed by atoms with Crippen molar-refractivity contribution >= 4 is 6.21 Å². The van der Waals surface area contributed by atoms with Gasteiger partial charge in [-0.25, -0.2) is 0 Å². The molecule has 0 aliphatic rings. The van der Waals surface area contributed by atoms with E-state index in [0.29, 0.717) is 6.54 Å². The summed E-state index contributed by atoms with van der Waals surface area (Å²) in [5.41, 5.74) is 4.99. The van der Waals surface area contributed by atoms with Gasteiger partial charge < -0.3 is 14.9 Å². The molecule has 0 bridgehead atoms. The molecule has 0 fully saturated rings. The number of hydrazone groups is 1. The van der Waals surface area contributed by atoms with Crippen LogP contribution in [0.5, 0.6) is 11.5 Å². The average Bonchev–Trinajstić information content (AvgIpc) is 2.57. The van der Waals surface area contributed by atoms with Gasteiger partial charge in [-0.1, -0.05) is 36.3 Å². The standard InChI is InChI=1S/C18H18N2O2/c1-3-11-22-17-9-6-7-15(12-17)13-19-20-14-16-8-4-5-10-18(16)21-2/h1,4-10,12-13,20H,11,14H2,2H3/b19-13-. The van der Waals surface area contributed by atoms with Gasteiger partial charge in [0.25, 0.3) is 0 Å². The topological polar surface area (TPSA) is 42.8 Å². The van der Waals surface area contributed by atoms with E-state index in [-0.39, 0.29) is 6.61 Å². The highest BCUT2D eigenvalue weighted by atomic mass is 16.5. The zero-order valence-corrected chi connectivity index (χ0v) is 12.5. The van der Waals surface area contributed by atoms with Crippen LogP contribution in [-0.4, -0.2) is 19.9 Å². The molecule has 0 aromatic heterocycles. The molecule has 112 valence electrons. The maximum absolute atomic E-state index is 5.37. The van der Waals surface area contributed by atoms with Crippen molar-refractivity contribution in [2.24, 2.45) is 5.10 Å². The lowest BCUT2D eigenvalue weighted by molar-refractivity contribution is 0.370. The van der Waals surface area contributed by atoms with Gasteiger partial charge in [0.15, 0.2) is 0 Å². The Morgan fingerprint density at radius 1 is 1.23 bits per heavy atom. The quantitative estimate of drug-likeness (QED) is 0.485. The number of hydrogen-bond acceptors (Lipinski definition) is 4. The largest absolute Gasteiger partial charge is 0.496 e. The highest BCUT2D eigenvalue weighted by Crippen LogP contribution is 2.16. The molecule has 4 nitrogen and oxygen atoms in total. The number of methoxy groups -OCH3 is 1. The van der Waals surface area contributed by atoms with Crippen molar-refractivity contribution in [2.75, 3.05) is 13.7 Å². The Hall–Kier alpha value is -2.93. The molecule has 0 aliphatic carbocycles. The number of ether oxygens (including phenoxy) is 2. The summed E-state index contributed by atoms with van der Waals surface area (Å²) in [5.74, 6) is 4.01. The normalized spacial score (nSPS) is 10.2. The molecule has 0 saturated heterocycles. The van der Waals surface area contributed by atoms with E-state index in [1.165, 1.54) is 0 Å². The van der Waals surface area contributed by atoms with Crippen molar-refractivity contribution in [1.29, 1.82) is 0 Å². The Morgan fingerprint density at radius 3 is 2.91 bits per heavy atom. The van der Waals surface area contributed by atoms with Gasteiger partial charge in [0, 0.05) is 5.56 Å². The number of nitrogens with zero attached hydrogens (tertiary/aromatic N) is 1. The van der Waals surface area contributed by atoms with Gasteiger partial charge in [-0.05, 0) is 23.8 Å². The molecule has 2 aromatic rings. The second kappa shape index (κ2) is 8.38. The molecule has 0 aliphatic heterocycles. The summed E-state index contributed by atoms with van der Waals surface area (Å²) in [6.07, 6.45) is 6.90. The minimum atomic E-state index is 0.257. The molecule has 1 N–H and O–H groups in total. The first-order valence-corrected chi connectivity index (χ1v) is 6.87. The van der Waals surface area contributed by atoms with Crippen LogP contribution in [0, 0.1) is 12.3 Å². The second-order valence-electron chi connectivity index (χ2n) is 4.47. The van der Waals surface area contributed by atoms with Crippen molar-refractivity contribution in [3.63, 3.8) is 0 Å². The fraction of sp³-hybridized carbons (Fsp3) is 0.167. The number of para-hydroxylation sites is 1. The minimum Gasteiger partial charge on any atom is -0.496 e. The van der Waals surface area contributed by atoms with Crippen LogP contribution < -0.4 is 14.9 Å². The third-order valence-electron chi connectivity index (χ3n) is 2.95. The van der Waals surface area contributed by atoms with E-state index in [1.807, 2.05) is 48.5 Å². The van der Waals surface area contributed by atoms with Crippen LogP contribution in [-0.2, 0) is 6.54 Å². The predicted octanol–water partition coefficient (Wildman–Crippen LogP) is 2.83. The molecular formula is C18H18N2O2. The van der Waals surface area contributed by atoms with Crippen LogP contribution in [0.4, 0.5) is 0 Å². The van der Waals surface area contributed by atoms with Crippen molar-refractivity contribution < 1.29 is 9.47 Å². The van der Waals surface area contributed by atoms with E-state index in [4.69, 9.17) is 15.9 Å². The van der Waals surface area contributed by atoms with Crippen molar-refractivity contribution in [3.05, 3.63) is 59.7 Å². The Bertz CT molecular complexity index is 675. The first kappa shape index (κ1) is 15.5. The van der Waals surface area contributed by atoms with E-state index in [0.717, 1.165) is 22.6 Å². The second-order valence-corrected chi connectivity index (χ2v) is 4.47. The number of benzene rings is 2.